The number of rotatable bonds is 7. The normalized spacial score (nSPS) is 15.0. The first-order valence-corrected chi connectivity index (χ1v) is 9.56. The van der Waals surface area contributed by atoms with Gasteiger partial charge in [0.15, 0.2) is 11.9 Å². The Morgan fingerprint density at radius 3 is 2.39 bits per heavy atom. The van der Waals surface area contributed by atoms with Gasteiger partial charge < -0.3 is 19.7 Å². The second-order valence-corrected chi connectivity index (χ2v) is 6.94. The Bertz CT molecular complexity index is 802. The number of hydrogen-bond acceptors (Lipinski definition) is 5. The standard InChI is InChI=1S/C21H23ClN2O4/c1-15(28-19-8-4-17(22)5-9-19)21(26)23-14-20(25)16-2-6-18(7-3-16)24-10-12-27-13-11-24/h2-9,15H,10-14H2,1H3,(H,23,26). The van der Waals surface area contributed by atoms with E-state index in [1.807, 2.05) is 12.1 Å². The summed E-state index contributed by atoms with van der Waals surface area (Å²) in [6.07, 6.45) is -0.724. The maximum atomic E-state index is 12.4. The van der Waals surface area contributed by atoms with Gasteiger partial charge in [0.25, 0.3) is 5.91 Å². The van der Waals surface area contributed by atoms with Gasteiger partial charge in [-0.2, -0.15) is 0 Å². The van der Waals surface area contributed by atoms with Crippen LogP contribution in [0.1, 0.15) is 17.3 Å². The number of benzene rings is 2. The average molecular weight is 403 g/mol. The predicted molar refractivity (Wildman–Crippen MR) is 108 cm³/mol. The maximum absolute atomic E-state index is 12.4. The van der Waals surface area contributed by atoms with Crippen LogP contribution in [0, 0.1) is 0 Å². The van der Waals surface area contributed by atoms with Crippen LogP contribution in [-0.2, 0) is 9.53 Å². The SMILES string of the molecule is CC(Oc1ccc(Cl)cc1)C(=O)NCC(=O)c1ccc(N2CCOCC2)cc1. The molecule has 7 heteroatoms. The molecule has 0 aliphatic carbocycles. The van der Waals surface area contributed by atoms with E-state index in [2.05, 4.69) is 10.2 Å². The lowest BCUT2D eigenvalue weighted by atomic mass is 10.1. The first kappa shape index (κ1) is 20.2. The van der Waals surface area contributed by atoms with Gasteiger partial charge in [0.05, 0.1) is 19.8 Å². The Morgan fingerprint density at radius 2 is 1.75 bits per heavy atom. The summed E-state index contributed by atoms with van der Waals surface area (Å²) in [5, 5.41) is 3.22. The molecule has 0 radical (unpaired) electrons. The zero-order valence-electron chi connectivity index (χ0n) is 15.7. The number of nitrogens with zero attached hydrogens (tertiary/aromatic N) is 1. The van der Waals surface area contributed by atoms with Crippen molar-refractivity contribution in [3.8, 4) is 5.75 Å². The highest BCUT2D eigenvalue weighted by Gasteiger charge is 2.17. The second-order valence-electron chi connectivity index (χ2n) is 6.50. The molecule has 0 bridgehead atoms. The molecule has 148 valence electrons. The lowest BCUT2D eigenvalue weighted by Gasteiger charge is -2.28. The number of carbonyl (C=O) groups is 2. The Balaban J connectivity index is 1.48. The van der Waals surface area contributed by atoms with E-state index >= 15 is 0 Å². The van der Waals surface area contributed by atoms with Crippen LogP contribution in [0.3, 0.4) is 0 Å². The minimum absolute atomic E-state index is 0.0793. The molecule has 1 amide bonds. The van der Waals surface area contributed by atoms with E-state index in [1.54, 1.807) is 43.3 Å². The van der Waals surface area contributed by atoms with E-state index < -0.39 is 6.10 Å². The molecule has 0 spiro atoms. The summed E-state index contributed by atoms with van der Waals surface area (Å²) in [4.78, 5) is 26.7. The van der Waals surface area contributed by atoms with E-state index in [9.17, 15) is 9.59 Å². The third-order valence-corrected chi connectivity index (χ3v) is 4.74. The van der Waals surface area contributed by atoms with Gasteiger partial charge in [-0.05, 0) is 55.5 Å². The molecular formula is C21H23ClN2O4. The highest BCUT2D eigenvalue weighted by molar-refractivity contribution is 6.30. The number of amides is 1. The predicted octanol–water partition coefficient (Wildman–Crippen LogP) is 2.94. The van der Waals surface area contributed by atoms with Gasteiger partial charge in [0, 0.05) is 29.4 Å². The number of nitrogens with one attached hydrogen (secondary N) is 1. The summed E-state index contributed by atoms with van der Waals surface area (Å²) in [7, 11) is 0. The van der Waals surface area contributed by atoms with Crippen molar-refractivity contribution < 1.29 is 19.1 Å². The number of hydrogen-bond donors (Lipinski definition) is 1. The van der Waals surface area contributed by atoms with Crippen molar-refractivity contribution in [3.63, 3.8) is 0 Å². The van der Waals surface area contributed by atoms with Crippen molar-refractivity contribution in [1.82, 2.24) is 5.32 Å². The third-order valence-electron chi connectivity index (χ3n) is 4.48. The topological polar surface area (TPSA) is 67.9 Å². The Hall–Kier alpha value is -2.57. The monoisotopic (exact) mass is 402 g/mol. The summed E-state index contributed by atoms with van der Waals surface area (Å²) in [6.45, 7) is 4.66. The number of halogens is 1. The summed E-state index contributed by atoms with van der Waals surface area (Å²) in [5.41, 5.74) is 1.62. The molecule has 1 heterocycles. The van der Waals surface area contributed by atoms with E-state index in [0.717, 1.165) is 18.8 Å². The van der Waals surface area contributed by atoms with E-state index in [0.29, 0.717) is 29.5 Å². The molecule has 1 aliphatic heterocycles. The molecule has 0 aromatic heterocycles. The fourth-order valence-electron chi connectivity index (χ4n) is 2.86. The number of ether oxygens (including phenoxy) is 2. The first-order chi connectivity index (χ1) is 13.5. The highest BCUT2D eigenvalue weighted by Crippen LogP contribution is 2.18. The molecule has 0 saturated carbocycles. The Morgan fingerprint density at radius 1 is 1.11 bits per heavy atom. The fraction of sp³-hybridized carbons (Fsp3) is 0.333. The van der Waals surface area contributed by atoms with Gasteiger partial charge in [-0.3, -0.25) is 9.59 Å². The molecule has 6 nitrogen and oxygen atoms in total. The van der Waals surface area contributed by atoms with Crippen molar-refractivity contribution in [1.29, 1.82) is 0 Å². The molecule has 2 aromatic rings. The molecular weight excluding hydrogens is 380 g/mol. The zero-order valence-corrected chi connectivity index (χ0v) is 16.4. The lowest BCUT2D eigenvalue weighted by Crippen LogP contribution is -2.39. The molecule has 3 rings (SSSR count). The summed E-state index contributed by atoms with van der Waals surface area (Å²) < 4.78 is 10.9. The molecule has 28 heavy (non-hydrogen) atoms. The average Bonchev–Trinajstić information content (AvgIpc) is 2.74. The molecule has 1 fully saturated rings. The fourth-order valence-corrected chi connectivity index (χ4v) is 2.99. The zero-order chi connectivity index (χ0) is 19.9. The van der Waals surface area contributed by atoms with Crippen LogP contribution in [0.15, 0.2) is 48.5 Å². The van der Waals surface area contributed by atoms with Crippen molar-refractivity contribution >= 4 is 29.0 Å². The Kier molecular flexibility index (Phi) is 6.90. The number of ketones is 1. The number of anilines is 1. The highest BCUT2D eigenvalue weighted by atomic mass is 35.5. The van der Waals surface area contributed by atoms with Crippen LogP contribution in [0.2, 0.25) is 5.02 Å². The van der Waals surface area contributed by atoms with Crippen molar-refractivity contribution in [2.24, 2.45) is 0 Å². The number of Topliss-reactive ketones (excluding diaryl/α,β-unsaturated/α-hetero) is 1. The number of carbonyl (C=O) groups excluding carboxylic acids is 2. The van der Waals surface area contributed by atoms with Crippen LogP contribution in [0.4, 0.5) is 5.69 Å². The van der Waals surface area contributed by atoms with Crippen molar-refractivity contribution in [2.45, 2.75) is 13.0 Å². The van der Waals surface area contributed by atoms with Crippen LogP contribution in [-0.4, -0.2) is 50.6 Å². The van der Waals surface area contributed by atoms with Crippen LogP contribution >= 0.6 is 11.6 Å². The largest absolute Gasteiger partial charge is 0.481 e. The molecule has 1 atom stereocenters. The smallest absolute Gasteiger partial charge is 0.261 e. The summed E-state index contributed by atoms with van der Waals surface area (Å²) in [6, 6.07) is 14.2. The van der Waals surface area contributed by atoms with Gasteiger partial charge in [-0.15, -0.1) is 0 Å². The van der Waals surface area contributed by atoms with Gasteiger partial charge in [0.2, 0.25) is 0 Å². The molecule has 1 saturated heterocycles. The molecule has 1 aliphatic rings. The van der Waals surface area contributed by atoms with Crippen LogP contribution in [0.25, 0.3) is 0 Å². The number of morpholine rings is 1. The minimum atomic E-state index is -0.724. The van der Waals surface area contributed by atoms with Crippen LogP contribution < -0.4 is 15.0 Å². The quantitative estimate of drug-likeness (QED) is 0.721. The van der Waals surface area contributed by atoms with Gasteiger partial charge >= 0.3 is 0 Å². The first-order valence-electron chi connectivity index (χ1n) is 9.19. The van der Waals surface area contributed by atoms with Gasteiger partial charge in [0.1, 0.15) is 5.75 Å². The van der Waals surface area contributed by atoms with E-state index in [4.69, 9.17) is 21.1 Å². The van der Waals surface area contributed by atoms with Crippen LogP contribution in [0.5, 0.6) is 5.75 Å². The Labute approximate surface area is 169 Å². The molecule has 1 N–H and O–H groups in total. The molecule has 1 unspecified atom stereocenters. The van der Waals surface area contributed by atoms with Gasteiger partial charge in [-0.1, -0.05) is 11.6 Å². The second kappa shape index (κ2) is 9.57. The third kappa shape index (κ3) is 5.47. The summed E-state index contributed by atoms with van der Waals surface area (Å²) >= 11 is 5.83. The van der Waals surface area contributed by atoms with Gasteiger partial charge in [-0.25, -0.2) is 0 Å². The van der Waals surface area contributed by atoms with Crippen molar-refractivity contribution in [2.75, 3.05) is 37.7 Å². The maximum Gasteiger partial charge on any atom is 0.261 e. The van der Waals surface area contributed by atoms with E-state index in [1.165, 1.54) is 0 Å². The van der Waals surface area contributed by atoms with Crippen molar-refractivity contribution in [3.05, 3.63) is 59.1 Å². The molecule has 2 aromatic carbocycles. The minimum Gasteiger partial charge on any atom is -0.481 e. The lowest BCUT2D eigenvalue weighted by molar-refractivity contribution is -0.127. The van der Waals surface area contributed by atoms with E-state index in [-0.39, 0.29) is 18.2 Å². The summed E-state index contributed by atoms with van der Waals surface area (Å²) in [5.74, 6) is 0.0332.